The van der Waals surface area contributed by atoms with Crippen LogP contribution in [0.2, 0.25) is 0 Å². The lowest BCUT2D eigenvalue weighted by atomic mass is 9.92. The van der Waals surface area contributed by atoms with E-state index in [1.54, 1.807) is 31.2 Å². The Hall–Kier alpha value is -5.33. The standard InChI is InChI=1S/C32H25F5N6O2/c1-17-5-6-18(29(45)41-22-4-2-3-21(13-22)32(35,36)37)11-23(17)24-12-20-15-40-30(38)42-27(20)26(28(24)44)19-7-8-25(39-14-19)43-10-9-31(33,34)16-43/h2-8,11-15,44H,9-10,16H2,1H3,(H,41,45)(H2,38,40,42). The third kappa shape index (κ3) is 5.93. The van der Waals surface area contributed by atoms with Gasteiger partial charge in [-0.1, -0.05) is 12.1 Å². The third-order valence-electron chi connectivity index (χ3n) is 7.63. The van der Waals surface area contributed by atoms with Gasteiger partial charge in [0.1, 0.15) is 11.6 Å². The molecule has 1 fully saturated rings. The smallest absolute Gasteiger partial charge is 0.416 e. The maximum Gasteiger partial charge on any atom is 0.416 e. The van der Waals surface area contributed by atoms with Gasteiger partial charge in [0.2, 0.25) is 5.95 Å². The summed E-state index contributed by atoms with van der Waals surface area (Å²) in [7, 11) is 0. The lowest BCUT2D eigenvalue weighted by molar-refractivity contribution is -0.137. The molecule has 0 radical (unpaired) electrons. The molecule has 230 valence electrons. The van der Waals surface area contributed by atoms with Crippen molar-refractivity contribution in [3.8, 4) is 28.0 Å². The number of phenolic OH excluding ortho intramolecular Hbond substituents is 1. The van der Waals surface area contributed by atoms with Crippen LogP contribution in [0.1, 0.15) is 27.9 Å². The average Bonchev–Trinajstić information content (AvgIpc) is 3.36. The molecule has 0 atom stereocenters. The number of benzene rings is 3. The van der Waals surface area contributed by atoms with E-state index in [1.165, 1.54) is 41.6 Å². The fraction of sp³-hybridized carbons (Fsp3) is 0.188. The molecule has 0 unspecified atom stereocenters. The molecule has 1 saturated heterocycles. The van der Waals surface area contributed by atoms with Gasteiger partial charge in [-0.25, -0.2) is 23.7 Å². The Morgan fingerprint density at radius 1 is 1.02 bits per heavy atom. The number of aryl methyl sites for hydroxylation is 1. The van der Waals surface area contributed by atoms with Crippen LogP contribution in [0.3, 0.4) is 0 Å². The van der Waals surface area contributed by atoms with E-state index in [0.717, 1.165) is 12.1 Å². The number of amides is 1. The molecule has 1 aliphatic rings. The zero-order valence-corrected chi connectivity index (χ0v) is 23.7. The summed E-state index contributed by atoms with van der Waals surface area (Å²) in [6.07, 6.45) is -1.90. The molecule has 13 heteroatoms. The van der Waals surface area contributed by atoms with Gasteiger partial charge in [-0.05, 0) is 66.6 Å². The van der Waals surface area contributed by atoms with Crippen LogP contribution >= 0.6 is 0 Å². The summed E-state index contributed by atoms with van der Waals surface area (Å²) in [5, 5.41) is 14.7. The van der Waals surface area contributed by atoms with Crippen molar-refractivity contribution >= 4 is 34.3 Å². The van der Waals surface area contributed by atoms with Crippen molar-refractivity contribution in [3.63, 3.8) is 0 Å². The van der Waals surface area contributed by atoms with Crippen LogP contribution in [-0.2, 0) is 6.18 Å². The first-order valence-electron chi connectivity index (χ1n) is 13.8. The molecule has 3 aromatic carbocycles. The minimum Gasteiger partial charge on any atom is -0.507 e. The minimum absolute atomic E-state index is 0.0314. The third-order valence-corrected chi connectivity index (χ3v) is 7.63. The number of aromatic nitrogens is 3. The second kappa shape index (κ2) is 11.0. The molecule has 5 aromatic rings. The number of nitrogens with one attached hydrogen (secondary N) is 1. The lowest BCUT2D eigenvalue weighted by Gasteiger charge is -2.18. The summed E-state index contributed by atoms with van der Waals surface area (Å²) in [5.74, 6) is -3.33. The Balaban J connectivity index is 1.40. The highest BCUT2D eigenvalue weighted by Crippen LogP contribution is 2.44. The van der Waals surface area contributed by atoms with Crippen molar-refractivity contribution in [2.75, 3.05) is 29.0 Å². The number of anilines is 3. The Morgan fingerprint density at radius 2 is 1.82 bits per heavy atom. The van der Waals surface area contributed by atoms with Crippen LogP contribution in [0.4, 0.5) is 39.4 Å². The van der Waals surface area contributed by atoms with Gasteiger partial charge >= 0.3 is 6.18 Å². The number of nitrogens with two attached hydrogens (primary N) is 1. The Labute approximate surface area is 253 Å². The molecule has 2 aromatic heterocycles. The molecular weight excluding hydrogens is 595 g/mol. The molecule has 0 bridgehead atoms. The maximum absolute atomic E-state index is 13.8. The fourth-order valence-electron chi connectivity index (χ4n) is 5.34. The SMILES string of the molecule is Cc1ccc(C(=O)Nc2cccc(C(F)(F)F)c2)cc1-c1cc2cnc(N)nc2c(-c2ccc(N3CCC(F)(F)C3)nc2)c1O. The molecule has 3 heterocycles. The van der Waals surface area contributed by atoms with Crippen LogP contribution in [0.5, 0.6) is 5.75 Å². The number of pyridine rings is 1. The van der Waals surface area contributed by atoms with Gasteiger partial charge in [0.25, 0.3) is 11.8 Å². The van der Waals surface area contributed by atoms with E-state index in [0.29, 0.717) is 39.0 Å². The maximum atomic E-state index is 13.8. The highest BCUT2D eigenvalue weighted by Gasteiger charge is 2.38. The Kier molecular flexibility index (Phi) is 7.26. The zero-order chi connectivity index (χ0) is 32.1. The number of fused-ring (bicyclic) bond motifs is 1. The molecule has 1 amide bonds. The molecule has 45 heavy (non-hydrogen) atoms. The predicted molar refractivity (Wildman–Crippen MR) is 160 cm³/mol. The molecule has 4 N–H and O–H groups in total. The van der Waals surface area contributed by atoms with Crippen molar-refractivity contribution in [1.29, 1.82) is 0 Å². The molecular formula is C32H25F5N6O2. The number of nitrogen functional groups attached to an aromatic ring is 1. The quantitative estimate of drug-likeness (QED) is 0.180. The van der Waals surface area contributed by atoms with Crippen molar-refractivity contribution in [3.05, 3.63) is 89.7 Å². The summed E-state index contributed by atoms with van der Waals surface area (Å²) in [5.41, 5.74) is 7.57. The topological polar surface area (TPSA) is 117 Å². The van der Waals surface area contributed by atoms with Gasteiger partial charge in [-0.2, -0.15) is 13.2 Å². The number of phenols is 1. The number of carbonyl (C=O) groups is 1. The van der Waals surface area contributed by atoms with E-state index in [1.807, 2.05) is 0 Å². The van der Waals surface area contributed by atoms with E-state index in [4.69, 9.17) is 5.73 Å². The monoisotopic (exact) mass is 620 g/mol. The normalized spacial score (nSPS) is 14.6. The summed E-state index contributed by atoms with van der Waals surface area (Å²) in [6, 6.07) is 13.9. The predicted octanol–water partition coefficient (Wildman–Crippen LogP) is 7.07. The molecule has 0 spiro atoms. The van der Waals surface area contributed by atoms with E-state index in [2.05, 4.69) is 20.3 Å². The van der Waals surface area contributed by atoms with Crippen LogP contribution < -0.4 is 16.0 Å². The number of nitrogens with zero attached hydrogens (tertiary/aromatic N) is 4. The Morgan fingerprint density at radius 3 is 2.51 bits per heavy atom. The van der Waals surface area contributed by atoms with Gasteiger partial charge < -0.3 is 21.1 Å². The zero-order valence-electron chi connectivity index (χ0n) is 23.7. The number of rotatable bonds is 5. The molecule has 0 saturated carbocycles. The van der Waals surface area contributed by atoms with Gasteiger partial charge in [-0.15, -0.1) is 0 Å². The van der Waals surface area contributed by atoms with Crippen molar-refractivity contribution in [1.82, 2.24) is 15.0 Å². The minimum atomic E-state index is -4.57. The summed E-state index contributed by atoms with van der Waals surface area (Å²) in [4.78, 5) is 27.4. The van der Waals surface area contributed by atoms with Gasteiger partial charge in [0.15, 0.2) is 0 Å². The number of hydrogen-bond acceptors (Lipinski definition) is 7. The first kappa shape index (κ1) is 29.7. The Bertz CT molecular complexity index is 1950. The first-order chi connectivity index (χ1) is 21.3. The van der Waals surface area contributed by atoms with Gasteiger partial charge in [-0.3, -0.25) is 4.79 Å². The summed E-state index contributed by atoms with van der Waals surface area (Å²) in [6.45, 7) is 1.49. The fourth-order valence-corrected chi connectivity index (χ4v) is 5.34. The largest absolute Gasteiger partial charge is 0.507 e. The molecule has 8 nitrogen and oxygen atoms in total. The second-order valence-corrected chi connectivity index (χ2v) is 10.8. The number of aromatic hydroxyl groups is 1. The lowest BCUT2D eigenvalue weighted by Crippen LogP contribution is -2.25. The average molecular weight is 621 g/mol. The number of carbonyl (C=O) groups excluding carboxylic acids is 1. The second-order valence-electron chi connectivity index (χ2n) is 10.8. The molecule has 1 aliphatic heterocycles. The van der Waals surface area contributed by atoms with Crippen LogP contribution in [0.15, 0.2) is 73.1 Å². The van der Waals surface area contributed by atoms with Crippen molar-refractivity contribution < 1.29 is 31.9 Å². The van der Waals surface area contributed by atoms with Gasteiger partial charge in [0, 0.05) is 53.1 Å². The van der Waals surface area contributed by atoms with Crippen molar-refractivity contribution in [2.24, 2.45) is 0 Å². The van der Waals surface area contributed by atoms with Crippen LogP contribution in [0.25, 0.3) is 33.2 Å². The molecule has 6 rings (SSSR count). The highest BCUT2D eigenvalue weighted by molar-refractivity contribution is 6.06. The van der Waals surface area contributed by atoms with Crippen molar-refractivity contribution in [2.45, 2.75) is 25.4 Å². The van der Waals surface area contributed by atoms with Gasteiger partial charge in [0.05, 0.1) is 23.2 Å². The van der Waals surface area contributed by atoms with Crippen LogP contribution in [-0.4, -0.2) is 45.0 Å². The van der Waals surface area contributed by atoms with E-state index in [-0.39, 0.29) is 41.5 Å². The van der Waals surface area contributed by atoms with E-state index >= 15 is 0 Å². The number of halogens is 5. The summed E-state index contributed by atoms with van der Waals surface area (Å²) >= 11 is 0. The number of hydrogen-bond donors (Lipinski definition) is 3. The molecule has 0 aliphatic carbocycles. The highest BCUT2D eigenvalue weighted by atomic mass is 19.4. The van der Waals surface area contributed by atoms with E-state index in [9.17, 15) is 31.9 Å². The van der Waals surface area contributed by atoms with E-state index < -0.39 is 30.1 Å². The number of alkyl halides is 5. The summed E-state index contributed by atoms with van der Waals surface area (Å²) < 4.78 is 67.1. The first-order valence-corrected chi connectivity index (χ1v) is 13.8. The van der Waals surface area contributed by atoms with Crippen LogP contribution in [0, 0.1) is 6.92 Å².